The first kappa shape index (κ1) is 24.9. The number of rotatable bonds is 10. The fourth-order valence-corrected chi connectivity index (χ4v) is 6.12. The molecule has 0 N–H and O–H groups in total. The molecule has 1 aliphatic rings. The van der Waals surface area contributed by atoms with Crippen molar-refractivity contribution in [2.45, 2.75) is 52.2 Å². The van der Waals surface area contributed by atoms with E-state index in [0.29, 0.717) is 6.42 Å². The number of esters is 2. The second kappa shape index (κ2) is 11.8. The maximum absolute atomic E-state index is 13.2. The molecule has 4 nitrogen and oxygen atoms in total. The molecule has 168 valence electrons. The summed E-state index contributed by atoms with van der Waals surface area (Å²) in [4.78, 5) is 26.4. The van der Waals surface area contributed by atoms with E-state index in [9.17, 15) is 9.59 Å². The average molecular weight is 441 g/mol. The van der Waals surface area contributed by atoms with E-state index >= 15 is 0 Å². The lowest BCUT2D eigenvalue weighted by molar-refractivity contribution is -0.175. The summed E-state index contributed by atoms with van der Waals surface area (Å²) in [5.41, 5.74) is -1.36. The van der Waals surface area contributed by atoms with Gasteiger partial charge in [-0.3, -0.25) is 9.59 Å². The van der Waals surface area contributed by atoms with Crippen LogP contribution in [0.3, 0.4) is 0 Å². The molecular formula is C26H36O4Si. The number of hydrogen-bond donors (Lipinski definition) is 0. The number of hydrogen-bond acceptors (Lipinski definition) is 4. The Labute approximate surface area is 188 Å². The molecule has 2 rings (SSSR count). The Morgan fingerprint density at radius 2 is 1.68 bits per heavy atom. The van der Waals surface area contributed by atoms with Gasteiger partial charge in [-0.15, -0.1) is 0 Å². The lowest BCUT2D eigenvalue weighted by Crippen LogP contribution is -2.47. The number of carbonyl (C=O) groups excluding carboxylic acids is 2. The monoisotopic (exact) mass is 440 g/mol. The molecule has 1 atom stereocenters. The molecule has 0 amide bonds. The van der Waals surface area contributed by atoms with Crippen LogP contribution in [0, 0.1) is 11.3 Å². The van der Waals surface area contributed by atoms with Gasteiger partial charge in [0, 0.05) is 5.92 Å². The van der Waals surface area contributed by atoms with Crippen molar-refractivity contribution in [1.82, 2.24) is 0 Å². The van der Waals surface area contributed by atoms with E-state index in [-0.39, 0.29) is 25.6 Å². The molecular weight excluding hydrogens is 404 g/mol. The Balaban J connectivity index is 2.31. The zero-order chi connectivity index (χ0) is 22.7. The lowest BCUT2D eigenvalue weighted by Gasteiger charge is -2.34. The minimum atomic E-state index is -1.65. The fourth-order valence-electron chi connectivity index (χ4n) is 4.03. The molecule has 0 saturated carbocycles. The standard InChI is InChI=1S/C26H36O4Si/c1-5-29-24(27)26(25(28)30-6-2,22-16-10-7-8-11-17-22)20-14-15-21-31(3,4)23-18-12-9-13-19-23/h7-10,12-16,18-19,22H,5-6,11,17,20-21H2,1-4H3/b15-14-. The Morgan fingerprint density at radius 1 is 1.03 bits per heavy atom. The molecule has 0 aromatic heterocycles. The highest BCUT2D eigenvalue weighted by molar-refractivity contribution is 6.90. The first-order valence-electron chi connectivity index (χ1n) is 11.3. The molecule has 1 aliphatic carbocycles. The van der Waals surface area contributed by atoms with Crippen LogP contribution >= 0.6 is 0 Å². The van der Waals surface area contributed by atoms with Crippen LogP contribution in [0.4, 0.5) is 0 Å². The van der Waals surface area contributed by atoms with Crippen molar-refractivity contribution in [3.05, 3.63) is 66.8 Å². The van der Waals surface area contributed by atoms with Crippen LogP contribution in [0.2, 0.25) is 19.1 Å². The number of ether oxygens (including phenoxy) is 2. The van der Waals surface area contributed by atoms with Crippen molar-refractivity contribution in [2.24, 2.45) is 11.3 Å². The van der Waals surface area contributed by atoms with Crippen LogP contribution in [0.5, 0.6) is 0 Å². The number of carbonyl (C=O) groups is 2. The van der Waals surface area contributed by atoms with E-state index < -0.39 is 25.4 Å². The summed E-state index contributed by atoms with van der Waals surface area (Å²) >= 11 is 0. The van der Waals surface area contributed by atoms with Crippen LogP contribution in [0.15, 0.2) is 66.8 Å². The van der Waals surface area contributed by atoms with Crippen molar-refractivity contribution in [3.8, 4) is 0 Å². The van der Waals surface area contributed by atoms with Gasteiger partial charge in [0.1, 0.15) is 0 Å². The third kappa shape index (κ3) is 6.29. The first-order valence-corrected chi connectivity index (χ1v) is 14.5. The summed E-state index contributed by atoms with van der Waals surface area (Å²) in [7, 11) is -1.65. The van der Waals surface area contributed by atoms with Crippen LogP contribution in [0.1, 0.15) is 33.1 Å². The maximum Gasteiger partial charge on any atom is 0.324 e. The Kier molecular flexibility index (Phi) is 9.50. The SMILES string of the molecule is CCOC(=O)C(C/C=C\C[Si](C)(C)c1ccccc1)(C(=O)OCC)C1C=CC=CCC1. The zero-order valence-corrected chi connectivity index (χ0v) is 20.3. The van der Waals surface area contributed by atoms with Crippen LogP contribution < -0.4 is 5.19 Å². The summed E-state index contributed by atoms with van der Waals surface area (Å²) in [6, 6.07) is 11.5. The fraction of sp³-hybridized carbons (Fsp3) is 0.462. The Morgan fingerprint density at radius 3 is 2.29 bits per heavy atom. The van der Waals surface area contributed by atoms with E-state index in [2.05, 4.69) is 49.5 Å². The molecule has 0 bridgehead atoms. The molecule has 5 heteroatoms. The van der Waals surface area contributed by atoms with Crippen LogP contribution in [-0.2, 0) is 19.1 Å². The van der Waals surface area contributed by atoms with Gasteiger partial charge in [-0.05, 0) is 39.2 Å². The van der Waals surface area contributed by atoms with E-state index in [4.69, 9.17) is 9.47 Å². The van der Waals surface area contributed by atoms with Gasteiger partial charge < -0.3 is 9.47 Å². The molecule has 1 unspecified atom stereocenters. The predicted molar refractivity (Wildman–Crippen MR) is 129 cm³/mol. The third-order valence-electron chi connectivity index (χ3n) is 5.94. The van der Waals surface area contributed by atoms with Gasteiger partial charge in [0.15, 0.2) is 5.41 Å². The molecule has 31 heavy (non-hydrogen) atoms. The van der Waals surface area contributed by atoms with Crippen molar-refractivity contribution in [2.75, 3.05) is 13.2 Å². The molecule has 0 fully saturated rings. The molecule has 0 heterocycles. The lowest BCUT2D eigenvalue weighted by atomic mass is 9.70. The molecule has 0 radical (unpaired) electrons. The van der Waals surface area contributed by atoms with Gasteiger partial charge in [-0.1, -0.05) is 85.1 Å². The first-order chi connectivity index (χ1) is 14.9. The van der Waals surface area contributed by atoms with Crippen molar-refractivity contribution in [3.63, 3.8) is 0 Å². The Hall–Kier alpha value is -2.40. The Bertz CT molecular complexity index is 790. The molecule has 0 spiro atoms. The minimum absolute atomic E-state index is 0.229. The van der Waals surface area contributed by atoms with Gasteiger partial charge in [0.25, 0.3) is 0 Å². The second-order valence-corrected chi connectivity index (χ2v) is 13.3. The van der Waals surface area contributed by atoms with E-state index in [1.54, 1.807) is 13.8 Å². The zero-order valence-electron chi connectivity index (χ0n) is 19.3. The van der Waals surface area contributed by atoms with Crippen LogP contribution in [0.25, 0.3) is 0 Å². The van der Waals surface area contributed by atoms with E-state index in [0.717, 1.165) is 12.5 Å². The van der Waals surface area contributed by atoms with Crippen molar-refractivity contribution >= 4 is 25.2 Å². The van der Waals surface area contributed by atoms with Gasteiger partial charge in [0.2, 0.25) is 0 Å². The highest BCUT2D eigenvalue weighted by Crippen LogP contribution is 2.40. The van der Waals surface area contributed by atoms with Crippen LogP contribution in [-0.4, -0.2) is 33.2 Å². The number of benzene rings is 1. The van der Waals surface area contributed by atoms with Gasteiger partial charge in [0.05, 0.1) is 21.3 Å². The summed E-state index contributed by atoms with van der Waals surface area (Å²) in [5, 5.41) is 1.39. The van der Waals surface area contributed by atoms with Gasteiger partial charge in [-0.25, -0.2) is 0 Å². The average Bonchev–Trinajstić information content (AvgIpc) is 3.04. The topological polar surface area (TPSA) is 52.6 Å². The van der Waals surface area contributed by atoms with E-state index in [1.165, 1.54) is 5.19 Å². The largest absolute Gasteiger partial charge is 0.465 e. The molecule has 1 aromatic carbocycles. The van der Waals surface area contributed by atoms with Crippen molar-refractivity contribution in [1.29, 1.82) is 0 Å². The quantitative estimate of drug-likeness (QED) is 0.218. The van der Waals surface area contributed by atoms with Gasteiger partial charge >= 0.3 is 11.9 Å². The summed E-state index contributed by atoms with van der Waals surface area (Å²) in [5.74, 6) is -1.26. The van der Waals surface area contributed by atoms with Gasteiger partial charge in [-0.2, -0.15) is 0 Å². The highest BCUT2D eigenvalue weighted by Gasteiger charge is 2.53. The maximum atomic E-state index is 13.2. The molecule has 0 saturated heterocycles. The smallest absolute Gasteiger partial charge is 0.324 e. The predicted octanol–water partition coefficient (Wildman–Crippen LogP) is 5.18. The molecule has 0 aliphatic heterocycles. The van der Waals surface area contributed by atoms with E-state index in [1.807, 2.05) is 30.4 Å². The van der Waals surface area contributed by atoms with Crippen molar-refractivity contribution < 1.29 is 19.1 Å². The second-order valence-electron chi connectivity index (χ2n) is 8.54. The summed E-state index contributed by atoms with van der Waals surface area (Å²) < 4.78 is 10.8. The third-order valence-corrected chi connectivity index (χ3v) is 9.09. The normalized spacial score (nSPS) is 16.8. The molecule has 1 aromatic rings. The minimum Gasteiger partial charge on any atom is -0.465 e. The number of allylic oxidation sites excluding steroid dienone is 6. The summed E-state index contributed by atoms with van der Waals surface area (Å²) in [6.07, 6.45) is 13.8. The summed E-state index contributed by atoms with van der Waals surface area (Å²) in [6.45, 7) is 8.65. The highest BCUT2D eigenvalue weighted by atomic mass is 28.3.